The number of imidazole rings is 1. The molecule has 0 saturated carbocycles. The quantitative estimate of drug-likeness (QED) is 0.790. The summed E-state index contributed by atoms with van der Waals surface area (Å²) in [6.45, 7) is 1.31. The number of methoxy groups -OCH3 is 1. The second kappa shape index (κ2) is 6.64. The fourth-order valence-electron chi connectivity index (χ4n) is 2.90. The number of hydrogen-bond acceptors (Lipinski definition) is 4. The first-order valence-corrected chi connectivity index (χ1v) is 7.60. The minimum absolute atomic E-state index is 0.173. The van der Waals surface area contributed by atoms with Gasteiger partial charge in [-0.15, -0.1) is 0 Å². The number of esters is 1. The molecule has 1 amide bonds. The molecule has 0 N–H and O–H groups in total. The maximum atomic E-state index is 12.2. The molecule has 0 spiro atoms. The third-order valence-electron chi connectivity index (χ3n) is 4.16. The first kappa shape index (κ1) is 15.3. The van der Waals surface area contributed by atoms with E-state index in [9.17, 15) is 9.59 Å². The largest absolute Gasteiger partial charge is 0.465 e. The minimum Gasteiger partial charge on any atom is -0.465 e. The summed E-state index contributed by atoms with van der Waals surface area (Å²) in [5.41, 5.74) is 1.52. The monoisotopic (exact) mass is 313 g/mol. The van der Waals surface area contributed by atoms with Gasteiger partial charge in [0.15, 0.2) is 0 Å². The van der Waals surface area contributed by atoms with Gasteiger partial charge in [-0.05, 0) is 24.1 Å². The summed E-state index contributed by atoms with van der Waals surface area (Å²) >= 11 is 0. The molecule has 1 fully saturated rings. The van der Waals surface area contributed by atoms with Crippen LogP contribution in [0.25, 0.3) is 0 Å². The van der Waals surface area contributed by atoms with Crippen LogP contribution >= 0.6 is 0 Å². The molecule has 6 heteroatoms. The fourth-order valence-corrected chi connectivity index (χ4v) is 2.90. The van der Waals surface area contributed by atoms with Crippen LogP contribution in [0.1, 0.15) is 28.8 Å². The summed E-state index contributed by atoms with van der Waals surface area (Å²) in [4.78, 5) is 29.6. The van der Waals surface area contributed by atoms with Gasteiger partial charge in [-0.3, -0.25) is 4.79 Å². The van der Waals surface area contributed by atoms with E-state index >= 15 is 0 Å². The molecular formula is C17H19N3O3. The lowest BCUT2D eigenvalue weighted by Gasteiger charge is -2.25. The number of nitrogens with zero attached hydrogens (tertiary/aromatic N) is 3. The lowest BCUT2D eigenvalue weighted by Crippen LogP contribution is -2.35. The van der Waals surface area contributed by atoms with Crippen molar-refractivity contribution < 1.29 is 14.3 Å². The van der Waals surface area contributed by atoms with Crippen LogP contribution in [-0.2, 0) is 22.6 Å². The van der Waals surface area contributed by atoms with Gasteiger partial charge in [-0.25, -0.2) is 9.78 Å². The molecule has 1 aliphatic heterocycles. The van der Waals surface area contributed by atoms with Crippen LogP contribution in [0.2, 0.25) is 0 Å². The van der Waals surface area contributed by atoms with Crippen molar-refractivity contribution in [1.29, 1.82) is 0 Å². The van der Waals surface area contributed by atoms with Crippen molar-refractivity contribution in [3.8, 4) is 0 Å². The maximum absolute atomic E-state index is 12.2. The predicted molar refractivity (Wildman–Crippen MR) is 83.6 cm³/mol. The van der Waals surface area contributed by atoms with E-state index in [1.165, 1.54) is 7.11 Å². The molecule has 2 heterocycles. The Hall–Kier alpha value is -2.63. The molecule has 2 aromatic rings. The standard InChI is InChI=1S/C17H19N3O3/c1-23-17(22)14-4-2-13(3-5-14)10-20-15(6-7-16(20)21)11-19-9-8-18-12-19/h2-5,8-9,12,15H,6-7,10-11H2,1H3/t15-/m0/s1. The van der Waals surface area contributed by atoms with E-state index in [4.69, 9.17) is 4.74 Å². The Morgan fingerprint density at radius 1 is 1.35 bits per heavy atom. The third kappa shape index (κ3) is 3.41. The SMILES string of the molecule is COC(=O)c1ccc(CN2C(=O)CC[C@H]2Cn2ccnc2)cc1. The summed E-state index contributed by atoms with van der Waals surface area (Å²) in [5, 5.41) is 0. The van der Waals surface area contributed by atoms with Crippen molar-refractivity contribution in [2.24, 2.45) is 0 Å². The fraction of sp³-hybridized carbons (Fsp3) is 0.353. The van der Waals surface area contributed by atoms with E-state index in [1.807, 2.05) is 27.8 Å². The van der Waals surface area contributed by atoms with Crippen LogP contribution in [0.4, 0.5) is 0 Å². The number of aromatic nitrogens is 2. The van der Waals surface area contributed by atoms with E-state index in [1.54, 1.807) is 24.7 Å². The topological polar surface area (TPSA) is 64.4 Å². The Balaban J connectivity index is 1.69. The molecule has 0 radical (unpaired) electrons. The molecule has 1 aliphatic rings. The Morgan fingerprint density at radius 2 is 2.13 bits per heavy atom. The van der Waals surface area contributed by atoms with E-state index in [0.717, 1.165) is 18.5 Å². The predicted octanol–water partition coefficient (Wildman–Crippen LogP) is 1.86. The first-order valence-electron chi connectivity index (χ1n) is 7.60. The number of ether oxygens (including phenoxy) is 1. The average Bonchev–Trinajstić information content (AvgIpc) is 3.20. The molecule has 23 heavy (non-hydrogen) atoms. The lowest BCUT2D eigenvalue weighted by molar-refractivity contribution is -0.129. The molecule has 0 unspecified atom stereocenters. The molecular weight excluding hydrogens is 294 g/mol. The van der Waals surface area contributed by atoms with Crippen molar-refractivity contribution in [3.63, 3.8) is 0 Å². The molecule has 0 bridgehead atoms. The smallest absolute Gasteiger partial charge is 0.337 e. The zero-order valence-corrected chi connectivity index (χ0v) is 13.0. The molecule has 1 atom stereocenters. The van der Waals surface area contributed by atoms with Gasteiger partial charge in [0.2, 0.25) is 5.91 Å². The minimum atomic E-state index is -0.355. The number of hydrogen-bond donors (Lipinski definition) is 0. The Kier molecular flexibility index (Phi) is 4.41. The van der Waals surface area contributed by atoms with E-state index in [0.29, 0.717) is 18.5 Å². The number of amides is 1. The molecule has 1 saturated heterocycles. The zero-order valence-electron chi connectivity index (χ0n) is 13.0. The number of rotatable bonds is 5. The number of carbonyl (C=O) groups excluding carboxylic acids is 2. The van der Waals surface area contributed by atoms with Crippen molar-refractivity contribution in [2.75, 3.05) is 7.11 Å². The van der Waals surface area contributed by atoms with Crippen molar-refractivity contribution >= 4 is 11.9 Å². The molecule has 0 aliphatic carbocycles. The van der Waals surface area contributed by atoms with Crippen LogP contribution < -0.4 is 0 Å². The molecule has 1 aromatic carbocycles. The van der Waals surface area contributed by atoms with Gasteiger partial charge < -0.3 is 14.2 Å². The van der Waals surface area contributed by atoms with E-state index in [-0.39, 0.29) is 17.9 Å². The third-order valence-corrected chi connectivity index (χ3v) is 4.16. The normalized spacial score (nSPS) is 17.5. The van der Waals surface area contributed by atoms with Crippen LogP contribution in [0.3, 0.4) is 0 Å². The van der Waals surface area contributed by atoms with Crippen LogP contribution in [0.15, 0.2) is 43.0 Å². The lowest BCUT2D eigenvalue weighted by atomic mass is 10.1. The van der Waals surface area contributed by atoms with Crippen LogP contribution in [0, 0.1) is 0 Å². The van der Waals surface area contributed by atoms with Crippen molar-refractivity contribution in [1.82, 2.24) is 14.5 Å². The number of benzene rings is 1. The van der Waals surface area contributed by atoms with Crippen LogP contribution in [-0.4, -0.2) is 39.5 Å². The number of carbonyl (C=O) groups is 2. The molecule has 120 valence electrons. The highest BCUT2D eigenvalue weighted by Crippen LogP contribution is 2.23. The van der Waals surface area contributed by atoms with Gasteiger partial charge in [0.25, 0.3) is 0 Å². The number of likely N-dealkylation sites (tertiary alicyclic amines) is 1. The summed E-state index contributed by atoms with van der Waals surface area (Å²) in [6, 6.07) is 7.37. The highest BCUT2D eigenvalue weighted by atomic mass is 16.5. The van der Waals surface area contributed by atoms with Gasteiger partial charge in [-0.2, -0.15) is 0 Å². The Morgan fingerprint density at radius 3 is 2.78 bits per heavy atom. The maximum Gasteiger partial charge on any atom is 0.337 e. The highest BCUT2D eigenvalue weighted by Gasteiger charge is 2.30. The van der Waals surface area contributed by atoms with Crippen molar-refractivity contribution in [2.45, 2.75) is 32.0 Å². The van der Waals surface area contributed by atoms with Crippen molar-refractivity contribution in [3.05, 3.63) is 54.1 Å². The second-order valence-corrected chi connectivity index (χ2v) is 5.66. The molecule has 3 rings (SSSR count). The van der Waals surface area contributed by atoms with Gasteiger partial charge in [-0.1, -0.05) is 12.1 Å². The van der Waals surface area contributed by atoms with E-state index in [2.05, 4.69) is 4.98 Å². The summed E-state index contributed by atoms with van der Waals surface area (Å²) in [6.07, 6.45) is 6.86. The Bertz CT molecular complexity index is 680. The first-order chi connectivity index (χ1) is 11.2. The van der Waals surface area contributed by atoms with E-state index < -0.39 is 0 Å². The molecule has 1 aromatic heterocycles. The summed E-state index contributed by atoms with van der Waals surface area (Å²) in [7, 11) is 1.36. The summed E-state index contributed by atoms with van der Waals surface area (Å²) in [5.74, 6) is -0.182. The van der Waals surface area contributed by atoms with Gasteiger partial charge in [0.1, 0.15) is 0 Å². The zero-order chi connectivity index (χ0) is 16.2. The highest BCUT2D eigenvalue weighted by molar-refractivity contribution is 5.89. The van der Waals surface area contributed by atoms with Gasteiger partial charge in [0.05, 0.1) is 25.0 Å². The van der Waals surface area contributed by atoms with Crippen LogP contribution in [0.5, 0.6) is 0 Å². The second-order valence-electron chi connectivity index (χ2n) is 5.66. The molecule has 6 nitrogen and oxygen atoms in total. The average molecular weight is 313 g/mol. The Labute approximate surface area is 134 Å². The summed E-state index contributed by atoms with van der Waals surface area (Å²) < 4.78 is 6.69. The van der Waals surface area contributed by atoms with Gasteiger partial charge in [0, 0.05) is 31.9 Å². The van der Waals surface area contributed by atoms with Gasteiger partial charge >= 0.3 is 5.97 Å².